The smallest absolute Gasteiger partial charge is 0.0289 e. The Labute approximate surface area is 104 Å². The Balaban J connectivity index is 2.45. The largest absolute Gasteiger partial charge is 0.313 e. The van der Waals surface area contributed by atoms with Crippen LogP contribution in [0.25, 0.3) is 0 Å². The zero-order valence-corrected chi connectivity index (χ0v) is 11.6. The second-order valence-corrected chi connectivity index (χ2v) is 5.78. The van der Waals surface area contributed by atoms with E-state index in [4.69, 9.17) is 0 Å². The van der Waals surface area contributed by atoms with E-state index in [0.717, 1.165) is 5.92 Å². The van der Waals surface area contributed by atoms with Crippen molar-refractivity contribution in [2.45, 2.75) is 38.1 Å². The maximum Gasteiger partial charge on any atom is 0.0289 e. The number of rotatable bonds is 6. The molecule has 0 aromatic heterocycles. The number of nitrogens with one attached hydrogen (secondary N) is 1. The van der Waals surface area contributed by atoms with Gasteiger partial charge in [0.1, 0.15) is 0 Å². The molecule has 1 nitrogen and oxygen atoms in total. The molecule has 0 bridgehead atoms. The Bertz CT molecular complexity index is 292. The predicted molar refractivity (Wildman–Crippen MR) is 74.1 cm³/mol. The van der Waals surface area contributed by atoms with E-state index in [0.29, 0.717) is 6.04 Å². The monoisotopic (exact) mass is 237 g/mol. The quantitative estimate of drug-likeness (QED) is 0.747. The van der Waals surface area contributed by atoms with Crippen molar-refractivity contribution in [2.24, 2.45) is 5.92 Å². The SMILES string of the molecule is CNC(C)c1ccc(SCCC(C)C)cc1. The van der Waals surface area contributed by atoms with Crippen molar-refractivity contribution < 1.29 is 0 Å². The fourth-order valence-electron chi connectivity index (χ4n) is 1.43. The number of hydrogen-bond acceptors (Lipinski definition) is 2. The molecule has 1 aromatic carbocycles. The summed E-state index contributed by atoms with van der Waals surface area (Å²) in [4.78, 5) is 1.38. The topological polar surface area (TPSA) is 12.0 Å². The van der Waals surface area contributed by atoms with Crippen LogP contribution in [-0.4, -0.2) is 12.8 Å². The van der Waals surface area contributed by atoms with Crippen LogP contribution in [0.5, 0.6) is 0 Å². The normalized spacial score (nSPS) is 13.1. The summed E-state index contributed by atoms with van der Waals surface area (Å²) in [5, 5.41) is 3.25. The molecule has 1 unspecified atom stereocenters. The van der Waals surface area contributed by atoms with Crippen molar-refractivity contribution in [1.29, 1.82) is 0 Å². The minimum atomic E-state index is 0.440. The molecule has 0 spiro atoms. The van der Waals surface area contributed by atoms with Crippen molar-refractivity contribution in [3.63, 3.8) is 0 Å². The minimum Gasteiger partial charge on any atom is -0.313 e. The van der Waals surface area contributed by atoms with Gasteiger partial charge in [-0.1, -0.05) is 26.0 Å². The van der Waals surface area contributed by atoms with E-state index in [1.54, 1.807) is 0 Å². The Hall–Kier alpha value is -0.470. The van der Waals surface area contributed by atoms with Crippen LogP contribution >= 0.6 is 11.8 Å². The van der Waals surface area contributed by atoms with Gasteiger partial charge in [0.25, 0.3) is 0 Å². The van der Waals surface area contributed by atoms with E-state index in [1.165, 1.54) is 22.6 Å². The molecule has 16 heavy (non-hydrogen) atoms. The standard InChI is InChI=1S/C14H23NS/c1-11(2)9-10-16-14-7-5-13(6-8-14)12(3)15-4/h5-8,11-12,15H,9-10H2,1-4H3. The zero-order valence-electron chi connectivity index (χ0n) is 10.8. The van der Waals surface area contributed by atoms with E-state index in [2.05, 4.69) is 50.4 Å². The van der Waals surface area contributed by atoms with Crippen LogP contribution in [0.1, 0.15) is 38.8 Å². The second kappa shape index (κ2) is 6.97. The Kier molecular flexibility index (Phi) is 5.93. The van der Waals surface area contributed by atoms with Crippen molar-refractivity contribution in [3.05, 3.63) is 29.8 Å². The van der Waals surface area contributed by atoms with Gasteiger partial charge in [-0.15, -0.1) is 11.8 Å². The summed E-state index contributed by atoms with van der Waals surface area (Å²) in [7, 11) is 2.00. The molecule has 0 aliphatic heterocycles. The number of benzene rings is 1. The Morgan fingerprint density at radius 2 is 1.75 bits per heavy atom. The molecule has 1 N–H and O–H groups in total. The Morgan fingerprint density at radius 3 is 2.25 bits per heavy atom. The molecule has 0 aliphatic carbocycles. The molecule has 1 rings (SSSR count). The molecular formula is C14H23NS. The summed E-state index contributed by atoms with van der Waals surface area (Å²) in [5.74, 6) is 2.02. The van der Waals surface area contributed by atoms with Crippen LogP contribution in [0.4, 0.5) is 0 Å². The summed E-state index contributed by atoms with van der Waals surface area (Å²) in [6.07, 6.45) is 1.29. The molecule has 0 saturated carbocycles. The van der Waals surface area contributed by atoms with Crippen molar-refractivity contribution in [2.75, 3.05) is 12.8 Å². The average Bonchev–Trinajstić information content (AvgIpc) is 2.28. The first-order valence-electron chi connectivity index (χ1n) is 6.03. The summed E-state index contributed by atoms with van der Waals surface area (Å²) < 4.78 is 0. The highest BCUT2D eigenvalue weighted by atomic mass is 32.2. The van der Waals surface area contributed by atoms with Gasteiger partial charge in [0, 0.05) is 10.9 Å². The fraction of sp³-hybridized carbons (Fsp3) is 0.571. The highest BCUT2D eigenvalue weighted by Gasteiger charge is 2.02. The highest BCUT2D eigenvalue weighted by molar-refractivity contribution is 7.99. The second-order valence-electron chi connectivity index (χ2n) is 4.61. The maximum absolute atomic E-state index is 3.25. The van der Waals surface area contributed by atoms with E-state index >= 15 is 0 Å². The lowest BCUT2D eigenvalue weighted by atomic mass is 10.1. The molecule has 2 heteroatoms. The first-order valence-corrected chi connectivity index (χ1v) is 7.02. The summed E-state index contributed by atoms with van der Waals surface area (Å²) >= 11 is 1.96. The van der Waals surface area contributed by atoms with Gasteiger partial charge in [-0.05, 0) is 49.8 Å². The van der Waals surface area contributed by atoms with Crippen LogP contribution in [0, 0.1) is 5.92 Å². The van der Waals surface area contributed by atoms with Crippen LogP contribution in [0.15, 0.2) is 29.2 Å². The molecule has 1 atom stereocenters. The average molecular weight is 237 g/mol. The summed E-state index contributed by atoms with van der Waals surface area (Å²) in [6.45, 7) is 6.73. The lowest BCUT2D eigenvalue weighted by molar-refractivity contribution is 0.632. The van der Waals surface area contributed by atoms with Gasteiger partial charge >= 0.3 is 0 Å². The molecule has 0 saturated heterocycles. The number of hydrogen-bond donors (Lipinski definition) is 1. The van der Waals surface area contributed by atoms with Crippen molar-refractivity contribution in [3.8, 4) is 0 Å². The molecule has 0 radical (unpaired) electrons. The lowest BCUT2D eigenvalue weighted by Gasteiger charge is -2.11. The van der Waals surface area contributed by atoms with Gasteiger partial charge in [-0.2, -0.15) is 0 Å². The number of thioether (sulfide) groups is 1. The lowest BCUT2D eigenvalue weighted by Crippen LogP contribution is -2.11. The van der Waals surface area contributed by atoms with Gasteiger partial charge in [0.2, 0.25) is 0 Å². The van der Waals surface area contributed by atoms with E-state index in [-0.39, 0.29) is 0 Å². The van der Waals surface area contributed by atoms with Gasteiger partial charge in [-0.3, -0.25) is 0 Å². The molecular weight excluding hydrogens is 214 g/mol. The van der Waals surface area contributed by atoms with Crippen LogP contribution in [-0.2, 0) is 0 Å². The van der Waals surface area contributed by atoms with Gasteiger partial charge < -0.3 is 5.32 Å². The van der Waals surface area contributed by atoms with Gasteiger partial charge in [-0.25, -0.2) is 0 Å². The molecule has 0 heterocycles. The van der Waals surface area contributed by atoms with Crippen LogP contribution in [0.2, 0.25) is 0 Å². The minimum absolute atomic E-state index is 0.440. The molecule has 0 aliphatic rings. The summed E-state index contributed by atoms with van der Waals surface area (Å²) in [6, 6.07) is 9.34. The van der Waals surface area contributed by atoms with E-state index in [9.17, 15) is 0 Å². The first kappa shape index (κ1) is 13.6. The third-order valence-corrected chi connectivity index (χ3v) is 3.82. The molecule has 0 fully saturated rings. The fourth-order valence-corrected chi connectivity index (χ4v) is 2.59. The van der Waals surface area contributed by atoms with Crippen LogP contribution in [0.3, 0.4) is 0 Å². The van der Waals surface area contributed by atoms with Crippen molar-refractivity contribution in [1.82, 2.24) is 5.32 Å². The third kappa shape index (κ3) is 4.58. The third-order valence-electron chi connectivity index (χ3n) is 2.78. The maximum atomic E-state index is 3.25. The first-order chi connectivity index (χ1) is 7.63. The van der Waals surface area contributed by atoms with Crippen LogP contribution < -0.4 is 5.32 Å². The molecule has 1 aromatic rings. The highest BCUT2D eigenvalue weighted by Crippen LogP contribution is 2.22. The zero-order chi connectivity index (χ0) is 12.0. The van der Waals surface area contributed by atoms with Crippen molar-refractivity contribution >= 4 is 11.8 Å². The molecule has 0 amide bonds. The summed E-state index contributed by atoms with van der Waals surface area (Å²) in [5.41, 5.74) is 1.36. The van der Waals surface area contributed by atoms with Gasteiger partial charge in [0.05, 0.1) is 0 Å². The van der Waals surface area contributed by atoms with E-state index < -0.39 is 0 Å². The molecule has 90 valence electrons. The van der Waals surface area contributed by atoms with E-state index in [1.807, 2.05) is 18.8 Å². The van der Waals surface area contributed by atoms with Gasteiger partial charge in [0.15, 0.2) is 0 Å². The predicted octanol–water partition coefficient (Wildman–Crippen LogP) is 4.11. The Morgan fingerprint density at radius 1 is 1.12 bits per heavy atom.